The zero-order chi connectivity index (χ0) is 18.8. The highest BCUT2D eigenvalue weighted by Crippen LogP contribution is 2.43. The molecule has 0 N–H and O–H groups in total. The fraction of sp³-hybridized carbons (Fsp3) is 0.684. The predicted octanol–water partition coefficient (Wildman–Crippen LogP) is 3.08. The summed E-state index contributed by atoms with van der Waals surface area (Å²) < 4.78 is 40.7. The topological polar surface area (TPSA) is 36.9 Å². The number of rotatable bonds is 4. The third-order valence-corrected chi connectivity index (χ3v) is 5.77. The molecule has 3 aliphatic rings. The highest BCUT2D eigenvalue weighted by molar-refractivity contribution is 6.62. The molecule has 0 radical (unpaired) electrons. The molecule has 4 nitrogen and oxygen atoms in total. The quantitative estimate of drug-likeness (QED) is 0.794. The van der Waals surface area contributed by atoms with Crippen LogP contribution in [0.4, 0.5) is 0 Å². The van der Waals surface area contributed by atoms with Crippen LogP contribution in [0.5, 0.6) is 5.75 Å². The molecule has 3 fully saturated rings. The zero-order valence-electron chi connectivity index (χ0n) is 16.9. The van der Waals surface area contributed by atoms with E-state index in [4.69, 9.17) is 21.5 Å². The van der Waals surface area contributed by atoms with Crippen LogP contribution in [0.15, 0.2) is 24.3 Å². The summed E-state index contributed by atoms with van der Waals surface area (Å²) in [5.41, 5.74) is -0.698. The monoisotopic (exact) mass is 332 g/mol. The summed E-state index contributed by atoms with van der Waals surface area (Å²) in [4.78, 5) is 0. The molecule has 130 valence electrons. The molecule has 24 heavy (non-hydrogen) atoms. The van der Waals surface area contributed by atoms with Crippen LogP contribution >= 0.6 is 0 Å². The van der Waals surface area contributed by atoms with Crippen molar-refractivity contribution in [3.05, 3.63) is 24.3 Å². The van der Waals surface area contributed by atoms with Gasteiger partial charge in [-0.1, -0.05) is 12.1 Å². The van der Waals surface area contributed by atoms with Crippen molar-refractivity contribution in [3.63, 3.8) is 0 Å². The highest BCUT2D eigenvalue weighted by Gasteiger charge is 2.52. The first-order chi connectivity index (χ1) is 12.0. The smallest absolute Gasteiger partial charge is 0.491 e. The van der Waals surface area contributed by atoms with Crippen LogP contribution in [0.1, 0.15) is 56.1 Å². The van der Waals surface area contributed by atoms with Crippen LogP contribution in [0.25, 0.3) is 0 Å². The Morgan fingerprint density at radius 1 is 1.21 bits per heavy atom. The lowest BCUT2D eigenvalue weighted by Gasteiger charge is -2.32. The number of hydrogen-bond donors (Lipinski definition) is 0. The lowest BCUT2D eigenvalue weighted by Crippen LogP contribution is -2.41. The number of benzene rings is 1. The van der Waals surface area contributed by atoms with Crippen molar-refractivity contribution in [1.29, 1.82) is 0 Å². The Bertz CT molecular complexity index is 693. The molecule has 3 saturated heterocycles. The van der Waals surface area contributed by atoms with Gasteiger partial charge in [-0.15, -0.1) is 0 Å². The lowest BCUT2D eigenvalue weighted by molar-refractivity contribution is -0.0198. The SMILES string of the molecule is [2H]C1([2H])CC2CCC1(COc1cccc(B3OC(C)(C)C(C)(C)O3)c1)O2. The second-order valence-corrected chi connectivity index (χ2v) is 8.10. The zero-order valence-corrected chi connectivity index (χ0v) is 14.9. The van der Waals surface area contributed by atoms with Gasteiger partial charge in [-0.3, -0.25) is 0 Å². The molecule has 2 bridgehead atoms. The number of fused-ring (bicyclic) bond motifs is 2. The Labute approximate surface area is 147 Å². The normalized spacial score (nSPS) is 36.5. The summed E-state index contributed by atoms with van der Waals surface area (Å²) in [6.07, 6.45) is 0.784. The van der Waals surface area contributed by atoms with E-state index in [0.29, 0.717) is 18.6 Å². The molecule has 5 heteroatoms. The van der Waals surface area contributed by atoms with E-state index in [2.05, 4.69) is 0 Å². The Morgan fingerprint density at radius 3 is 2.58 bits per heavy atom. The van der Waals surface area contributed by atoms with Crippen molar-refractivity contribution in [2.45, 2.75) is 76.2 Å². The Hall–Kier alpha value is -1.04. The van der Waals surface area contributed by atoms with Gasteiger partial charge in [0.15, 0.2) is 0 Å². The molecular weight excluding hydrogens is 303 g/mol. The minimum Gasteiger partial charge on any atom is -0.491 e. The van der Waals surface area contributed by atoms with Crippen molar-refractivity contribution >= 4 is 12.6 Å². The largest absolute Gasteiger partial charge is 0.494 e. The molecule has 2 unspecified atom stereocenters. The van der Waals surface area contributed by atoms with Gasteiger partial charge in [0.2, 0.25) is 0 Å². The van der Waals surface area contributed by atoms with E-state index in [1.807, 2.05) is 52.0 Å². The third kappa shape index (κ3) is 2.77. The van der Waals surface area contributed by atoms with Crippen LogP contribution in [0, 0.1) is 0 Å². The Kier molecular flexibility index (Phi) is 3.24. The summed E-state index contributed by atoms with van der Waals surface area (Å²) >= 11 is 0. The van der Waals surface area contributed by atoms with E-state index >= 15 is 0 Å². The molecule has 0 saturated carbocycles. The Balaban J connectivity index is 1.48. The van der Waals surface area contributed by atoms with Gasteiger partial charge in [-0.05, 0) is 70.9 Å². The third-order valence-electron chi connectivity index (χ3n) is 5.77. The van der Waals surface area contributed by atoms with E-state index in [0.717, 1.165) is 11.9 Å². The molecule has 3 aliphatic heterocycles. The van der Waals surface area contributed by atoms with Gasteiger partial charge < -0.3 is 18.8 Å². The summed E-state index contributed by atoms with van der Waals surface area (Å²) in [5.74, 6) is 0.682. The van der Waals surface area contributed by atoms with Crippen molar-refractivity contribution in [1.82, 2.24) is 0 Å². The molecular formula is C19H27BO4. The first-order valence-electron chi connectivity index (χ1n) is 9.80. The van der Waals surface area contributed by atoms with Gasteiger partial charge in [-0.2, -0.15) is 0 Å². The molecule has 2 atom stereocenters. The highest BCUT2D eigenvalue weighted by atomic mass is 16.7. The van der Waals surface area contributed by atoms with Gasteiger partial charge in [-0.25, -0.2) is 0 Å². The number of ether oxygens (including phenoxy) is 2. The lowest BCUT2D eigenvalue weighted by atomic mass is 9.79. The molecule has 0 aromatic heterocycles. The summed E-state index contributed by atoms with van der Waals surface area (Å²) in [6.45, 7) is 8.35. The van der Waals surface area contributed by atoms with E-state index < -0.39 is 19.1 Å². The van der Waals surface area contributed by atoms with E-state index in [1.165, 1.54) is 0 Å². The fourth-order valence-electron chi connectivity index (χ4n) is 3.49. The second-order valence-electron chi connectivity index (χ2n) is 8.10. The van der Waals surface area contributed by atoms with Crippen molar-refractivity contribution in [3.8, 4) is 5.75 Å². The second kappa shape index (κ2) is 5.48. The summed E-state index contributed by atoms with van der Waals surface area (Å²) in [6, 6.07) is 7.66. The first-order valence-corrected chi connectivity index (χ1v) is 8.80. The molecule has 0 aliphatic carbocycles. The van der Waals surface area contributed by atoms with Gasteiger partial charge in [0.1, 0.15) is 18.0 Å². The molecule has 4 rings (SSSR count). The van der Waals surface area contributed by atoms with E-state index in [9.17, 15) is 0 Å². The Morgan fingerprint density at radius 2 is 1.96 bits per heavy atom. The summed E-state index contributed by atoms with van der Waals surface area (Å²) in [7, 11) is -0.438. The predicted molar refractivity (Wildman–Crippen MR) is 93.7 cm³/mol. The maximum absolute atomic E-state index is 8.28. The number of hydrogen-bond acceptors (Lipinski definition) is 4. The molecule has 1 aromatic carbocycles. The molecule has 1 aromatic rings. The maximum atomic E-state index is 8.28. The van der Waals surface area contributed by atoms with E-state index in [1.54, 1.807) is 0 Å². The van der Waals surface area contributed by atoms with E-state index in [-0.39, 0.29) is 23.9 Å². The van der Waals surface area contributed by atoms with Gasteiger partial charge in [0.05, 0.1) is 17.3 Å². The van der Waals surface area contributed by atoms with Crippen LogP contribution in [0.3, 0.4) is 0 Å². The molecule has 0 amide bonds. The van der Waals surface area contributed by atoms with Crippen LogP contribution < -0.4 is 10.2 Å². The van der Waals surface area contributed by atoms with Crippen LogP contribution in [-0.2, 0) is 14.0 Å². The standard InChI is InChI=1S/C19H27BO4/c1-17(2)18(3,4)24-20(23-17)14-6-5-7-16(12-14)21-13-19-10-8-15(22-19)9-11-19/h5-7,12,15H,8-11,13H2,1-4H3/i10D2. The molecule has 0 spiro atoms. The van der Waals surface area contributed by atoms with Gasteiger partial charge in [0, 0.05) is 2.74 Å². The minimum atomic E-state index is -1.33. The fourth-order valence-corrected chi connectivity index (χ4v) is 3.49. The average Bonchev–Trinajstić information content (AvgIpc) is 3.13. The van der Waals surface area contributed by atoms with Crippen LogP contribution in [0.2, 0.25) is 0 Å². The minimum absolute atomic E-state index is 0.0321. The van der Waals surface area contributed by atoms with Gasteiger partial charge >= 0.3 is 7.12 Å². The van der Waals surface area contributed by atoms with Gasteiger partial charge in [0.25, 0.3) is 0 Å². The summed E-state index contributed by atoms with van der Waals surface area (Å²) in [5, 5.41) is 0. The average molecular weight is 332 g/mol. The van der Waals surface area contributed by atoms with Crippen molar-refractivity contribution < 1.29 is 21.5 Å². The maximum Gasteiger partial charge on any atom is 0.494 e. The van der Waals surface area contributed by atoms with Crippen molar-refractivity contribution in [2.75, 3.05) is 6.61 Å². The van der Waals surface area contributed by atoms with Crippen molar-refractivity contribution in [2.24, 2.45) is 0 Å². The van der Waals surface area contributed by atoms with Crippen LogP contribution in [-0.4, -0.2) is 36.6 Å². The first kappa shape index (κ1) is 14.2. The molecule has 3 heterocycles.